The number of aromatic nitrogens is 1. The molecule has 1 aromatic heterocycles. The second-order valence-electron chi connectivity index (χ2n) is 3.50. The van der Waals surface area contributed by atoms with E-state index in [4.69, 9.17) is 4.74 Å². The van der Waals surface area contributed by atoms with Gasteiger partial charge in [0.15, 0.2) is 0 Å². The third-order valence-electron chi connectivity index (χ3n) is 2.04. The minimum atomic E-state index is 0.795. The van der Waals surface area contributed by atoms with Crippen molar-refractivity contribution in [3.63, 3.8) is 0 Å². The number of ether oxygens (including phenoxy) is 1. The van der Waals surface area contributed by atoms with Crippen LogP contribution in [0, 0.1) is 6.92 Å². The molecule has 86 valence electrons. The topological polar surface area (TPSA) is 34.1 Å². The molecule has 0 radical (unpaired) electrons. The van der Waals surface area contributed by atoms with Gasteiger partial charge in [0.1, 0.15) is 0 Å². The van der Waals surface area contributed by atoms with Gasteiger partial charge in [0.05, 0.1) is 17.3 Å². The molecule has 0 saturated carbocycles. The van der Waals surface area contributed by atoms with Gasteiger partial charge < -0.3 is 10.1 Å². The van der Waals surface area contributed by atoms with Crippen molar-refractivity contribution in [1.82, 2.24) is 10.3 Å². The summed E-state index contributed by atoms with van der Waals surface area (Å²) in [5.41, 5.74) is 1.13. The molecule has 15 heavy (non-hydrogen) atoms. The summed E-state index contributed by atoms with van der Waals surface area (Å²) in [5.74, 6) is 0. The first kappa shape index (κ1) is 12.6. The molecule has 0 aliphatic heterocycles. The monoisotopic (exact) mass is 228 g/mol. The number of thiazole rings is 1. The molecule has 0 aliphatic carbocycles. The first-order valence-corrected chi connectivity index (χ1v) is 6.40. The van der Waals surface area contributed by atoms with Crippen molar-refractivity contribution in [3.8, 4) is 0 Å². The van der Waals surface area contributed by atoms with Gasteiger partial charge in [-0.25, -0.2) is 4.98 Å². The van der Waals surface area contributed by atoms with Gasteiger partial charge in [-0.1, -0.05) is 13.3 Å². The van der Waals surface area contributed by atoms with Crippen LogP contribution in [0.2, 0.25) is 0 Å². The molecule has 1 heterocycles. The van der Waals surface area contributed by atoms with Crippen LogP contribution in [0.5, 0.6) is 0 Å². The van der Waals surface area contributed by atoms with E-state index in [9.17, 15) is 0 Å². The maximum Gasteiger partial charge on any atom is 0.0897 e. The first-order valence-electron chi connectivity index (χ1n) is 5.52. The van der Waals surface area contributed by atoms with Crippen LogP contribution in [-0.4, -0.2) is 24.7 Å². The third-order valence-corrected chi connectivity index (χ3v) is 2.86. The maximum atomic E-state index is 5.44. The summed E-state index contributed by atoms with van der Waals surface area (Å²) < 4.78 is 5.44. The SMILES string of the molecule is CCCCOCCNCc1csc(C)n1. The van der Waals surface area contributed by atoms with Gasteiger partial charge in [-0.2, -0.15) is 0 Å². The normalized spacial score (nSPS) is 10.8. The summed E-state index contributed by atoms with van der Waals surface area (Å²) in [6.45, 7) is 7.63. The quantitative estimate of drug-likeness (QED) is 0.694. The summed E-state index contributed by atoms with van der Waals surface area (Å²) >= 11 is 1.70. The van der Waals surface area contributed by atoms with Crippen LogP contribution in [0.25, 0.3) is 0 Å². The van der Waals surface area contributed by atoms with E-state index in [1.54, 1.807) is 11.3 Å². The number of rotatable bonds is 8. The Morgan fingerprint density at radius 2 is 2.33 bits per heavy atom. The molecular weight excluding hydrogens is 208 g/mol. The third kappa shape index (κ3) is 5.87. The fraction of sp³-hybridized carbons (Fsp3) is 0.727. The maximum absolute atomic E-state index is 5.44. The molecule has 4 heteroatoms. The Morgan fingerprint density at radius 3 is 3.00 bits per heavy atom. The van der Waals surface area contributed by atoms with Crippen molar-refractivity contribution in [2.24, 2.45) is 0 Å². The zero-order chi connectivity index (χ0) is 10.9. The van der Waals surface area contributed by atoms with Gasteiger partial charge in [-0.05, 0) is 13.3 Å². The van der Waals surface area contributed by atoms with Crippen LogP contribution in [0.3, 0.4) is 0 Å². The van der Waals surface area contributed by atoms with Gasteiger partial charge in [-0.15, -0.1) is 11.3 Å². The van der Waals surface area contributed by atoms with E-state index in [2.05, 4.69) is 22.6 Å². The van der Waals surface area contributed by atoms with Crippen LogP contribution >= 0.6 is 11.3 Å². The van der Waals surface area contributed by atoms with E-state index in [-0.39, 0.29) is 0 Å². The summed E-state index contributed by atoms with van der Waals surface area (Å²) in [7, 11) is 0. The lowest BCUT2D eigenvalue weighted by Crippen LogP contribution is -2.19. The number of hydrogen-bond donors (Lipinski definition) is 1. The van der Waals surface area contributed by atoms with E-state index in [1.807, 2.05) is 6.92 Å². The molecule has 0 aliphatic rings. The smallest absolute Gasteiger partial charge is 0.0897 e. The van der Waals surface area contributed by atoms with Gasteiger partial charge in [0.2, 0.25) is 0 Å². The molecule has 1 rings (SSSR count). The van der Waals surface area contributed by atoms with Crippen LogP contribution in [-0.2, 0) is 11.3 Å². The van der Waals surface area contributed by atoms with Crippen molar-refractivity contribution in [1.29, 1.82) is 0 Å². The van der Waals surface area contributed by atoms with Crippen LogP contribution in [0.1, 0.15) is 30.5 Å². The van der Waals surface area contributed by atoms with E-state index in [1.165, 1.54) is 6.42 Å². The number of nitrogens with zero attached hydrogens (tertiary/aromatic N) is 1. The minimum absolute atomic E-state index is 0.795. The molecule has 1 N–H and O–H groups in total. The van der Waals surface area contributed by atoms with Gasteiger partial charge in [0.25, 0.3) is 0 Å². The lowest BCUT2D eigenvalue weighted by molar-refractivity contribution is 0.133. The van der Waals surface area contributed by atoms with Crippen molar-refractivity contribution >= 4 is 11.3 Å². The molecule has 0 saturated heterocycles. The highest BCUT2D eigenvalue weighted by molar-refractivity contribution is 7.09. The van der Waals surface area contributed by atoms with Gasteiger partial charge in [-0.3, -0.25) is 0 Å². The Balaban J connectivity index is 1.93. The summed E-state index contributed by atoms with van der Waals surface area (Å²) in [6, 6.07) is 0. The largest absolute Gasteiger partial charge is 0.380 e. The fourth-order valence-electron chi connectivity index (χ4n) is 1.20. The van der Waals surface area contributed by atoms with Gasteiger partial charge in [0, 0.05) is 25.1 Å². The number of nitrogens with one attached hydrogen (secondary N) is 1. The molecule has 3 nitrogen and oxygen atoms in total. The van der Waals surface area contributed by atoms with E-state index < -0.39 is 0 Å². The summed E-state index contributed by atoms with van der Waals surface area (Å²) in [4.78, 5) is 4.37. The minimum Gasteiger partial charge on any atom is -0.380 e. The molecule has 0 aromatic carbocycles. The second-order valence-corrected chi connectivity index (χ2v) is 4.56. The number of aryl methyl sites for hydroxylation is 1. The highest BCUT2D eigenvalue weighted by Crippen LogP contribution is 2.06. The van der Waals surface area contributed by atoms with E-state index in [0.29, 0.717) is 0 Å². The molecule has 0 bridgehead atoms. The first-order chi connectivity index (χ1) is 7.33. The van der Waals surface area contributed by atoms with Crippen LogP contribution in [0.4, 0.5) is 0 Å². The average Bonchev–Trinajstić information content (AvgIpc) is 2.63. The molecular formula is C11H20N2OS. The van der Waals surface area contributed by atoms with E-state index in [0.717, 1.165) is 43.4 Å². The molecule has 0 atom stereocenters. The molecule has 0 unspecified atom stereocenters. The van der Waals surface area contributed by atoms with Gasteiger partial charge >= 0.3 is 0 Å². The predicted octanol–water partition coefficient (Wildman–Crippen LogP) is 2.36. The lowest BCUT2D eigenvalue weighted by atomic mass is 10.4. The van der Waals surface area contributed by atoms with Crippen LogP contribution < -0.4 is 5.32 Å². The Morgan fingerprint density at radius 1 is 1.47 bits per heavy atom. The highest BCUT2D eigenvalue weighted by atomic mass is 32.1. The Bertz CT molecular complexity index is 263. The number of hydrogen-bond acceptors (Lipinski definition) is 4. The average molecular weight is 228 g/mol. The summed E-state index contributed by atoms with van der Waals surface area (Å²) in [5, 5.41) is 6.54. The van der Waals surface area contributed by atoms with Crippen molar-refractivity contribution < 1.29 is 4.74 Å². The van der Waals surface area contributed by atoms with E-state index >= 15 is 0 Å². The van der Waals surface area contributed by atoms with Crippen molar-refractivity contribution in [3.05, 3.63) is 16.1 Å². The molecule has 1 aromatic rings. The molecule has 0 fully saturated rings. The lowest BCUT2D eigenvalue weighted by Gasteiger charge is -2.04. The Kier molecular flexibility index (Phi) is 6.55. The second kappa shape index (κ2) is 7.79. The van der Waals surface area contributed by atoms with Crippen LogP contribution in [0.15, 0.2) is 5.38 Å². The van der Waals surface area contributed by atoms with Crippen molar-refractivity contribution in [2.75, 3.05) is 19.8 Å². The Labute approximate surface area is 95.9 Å². The summed E-state index contributed by atoms with van der Waals surface area (Å²) in [6.07, 6.45) is 2.36. The molecule has 0 amide bonds. The number of unbranched alkanes of at least 4 members (excludes halogenated alkanes) is 1. The predicted molar refractivity (Wildman–Crippen MR) is 64.3 cm³/mol. The molecule has 0 spiro atoms. The fourth-order valence-corrected chi connectivity index (χ4v) is 1.81. The Hall–Kier alpha value is -0.450. The zero-order valence-corrected chi connectivity index (χ0v) is 10.4. The zero-order valence-electron chi connectivity index (χ0n) is 9.58. The van der Waals surface area contributed by atoms with Crippen molar-refractivity contribution in [2.45, 2.75) is 33.2 Å². The highest BCUT2D eigenvalue weighted by Gasteiger charge is 1.96. The standard InChI is InChI=1S/C11H20N2OS/c1-3-4-6-14-7-5-12-8-11-9-15-10(2)13-11/h9,12H,3-8H2,1-2H3.